The molecule has 0 unspecified atom stereocenters. The van der Waals surface area contributed by atoms with Crippen LogP contribution in [0.2, 0.25) is 5.02 Å². The SMILES string of the molecule is O=C/C1=C/C(=O)Oc2c(ccn2NCc2ccnc3cc(Cl)ccc23)OC1=O. The van der Waals surface area contributed by atoms with Gasteiger partial charge >= 0.3 is 11.9 Å². The van der Waals surface area contributed by atoms with Crippen LogP contribution in [0.15, 0.2) is 54.4 Å². The Morgan fingerprint density at radius 2 is 2.04 bits per heavy atom. The number of nitrogens with one attached hydrogen (secondary N) is 1. The lowest BCUT2D eigenvalue weighted by Crippen LogP contribution is -2.22. The summed E-state index contributed by atoms with van der Waals surface area (Å²) in [6.45, 7) is 0.364. The molecular weight excluding hydrogens is 386 g/mol. The van der Waals surface area contributed by atoms with E-state index >= 15 is 0 Å². The summed E-state index contributed by atoms with van der Waals surface area (Å²) in [5.74, 6) is -1.76. The molecule has 8 nitrogen and oxygen atoms in total. The van der Waals surface area contributed by atoms with Crippen LogP contribution in [0.25, 0.3) is 10.9 Å². The standard InChI is InChI=1S/C19H12ClN3O5/c20-13-1-2-14-11(3-5-21-15(14)8-13)9-22-23-6-4-16-18(23)28-17(25)7-12(10-24)19(26)27-16/h1-8,10,22H,9H2/b12-7-. The second-order valence-electron chi connectivity index (χ2n) is 5.85. The van der Waals surface area contributed by atoms with Crippen molar-refractivity contribution in [3.05, 3.63) is 65.0 Å². The number of hydrogen-bond acceptors (Lipinski definition) is 7. The number of hydrogen-bond donors (Lipinski definition) is 1. The van der Waals surface area contributed by atoms with Crippen molar-refractivity contribution in [3.8, 4) is 11.6 Å². The van der Waals surface area contributed by atoms with Gasteiger partial charge in [-0.05, 0) is 23.8 Å². The van der Waals surface area contributed by atoms with Crippen molar-refractivity contribution in [3.63, 3.8) is 0 Å². The molecular formula is C19H12ClN3O5. The van der Waals surface area contributed by atoms with Crippen LogP contribution in [0, 0.1) is 0 Å². The van der Waals surface area contributed by atoms with Gasteiger partial charge in [0.25, 0.3) is 5.88 Å². The van der Waals surface area contributed by atoms with E-state index in [1.54, 1.807) is 18.3 Å². The third kappa shape index (κ3) is 3.33. The number of ether oxygens (including phenoxy) is 2. The summed E-state index contributed by atoms with van der Waals surface area (Å²) in [7, 11) is 0. The maximum atomic E-state index is 11.9. The predicted molar refractivity (Wildman–Crippen MR) is 99.7 cm³/mol. The minimum Gasteiger partial charge on any atom is -0.417 e. The monoisotopic (exact) mass is 397 g/mol. The van der Waals surface area contributed by atoms with Crippen LogP contribution < -0.4 is 14.9 Å². The number of aldehydes is 1. The Morgan fingerprint density at radius 1 is 1.18 bits per heavy atom. The number of esters is 2. The number of carbonyl (C=O) groups is 3. The minimum absolute atomic E-state index is 0.000884. The van der Waals surface area contributed by atoms with E-state index in [0.29, 0.717) is 11.6 Å². The van der Waals surface area contributed by atoms with Gasteiger partial charge in [0.15, 0.2) is 12.0 Å². The van der Waals surface area contributed by atoms with Gasteiger partial charge in [-0.15, -0.1) is 0 Å². The highest BCUT2D eigenvalue weighted by atomic mass is 35.5. The highest BCUT2D eigenvalue weighted by Crippen LogP contribution is 2.30. The van der Waals surface area contributed by atoms with Crippen LogP contribution in [-0.4, -0.2) is 27.9 Å². The number of aromatic nitrogens is 2. The van der Waals surface area contributed by atoms with Crippen LogP contribution in [-0.2, 0) is 20.9 Å². The molecule has 0 saturated heterocycles. The van der Waals surface area contributed by atoms with Gasteiger partial charge in [0.1, 0.15) is 5.57 Å². The predicted octanol–water partition coefficient (Wildman–Crippen LogP) is 2.38. The number of halogens is 1. The molecule has 28 heavy (non-hydrogen) atoms. The van der Waals surface area contributed by atoms with E-state index in [1.807, 2.05) is 12.1 Å². The molecule has 0 aliphatic carbocycles. The zero-order valence-corrected chi connectivity index (χ0v) is 15.0. The van der Waals surface area contributed by atoms with Gasteiger partial charge in [-0.3, -0.25) is 9.78 Å². The first-order chi connectivity index (χ1) is 13.5. The number of nitrogens with zero attached hydrogens (tertiary/aromatic N) is 2. The molecule has 140 valence electrons. The Labute approximate surface area is 163 Å². The van der Waals surface area contributed by atoms with Crippen LogP contribution >= 0.6 is 11.6 Å². The average molecular weight is 398 g/mol. The molecule has 1 aromatic carbocycles. The molecule has 4 rings (SSSR count). The van der Waals surface area contributed by atoms with E-state index < -0.39 is 17.5 Å². The highest BCUT2D eigenvalue weighted by Gasteiger charge is 2.24. The van der Waals surface area contributed by atoms with Crippen molar-refractivity contribution in [1.29, 1.82) is 0 Å². The van der Waals surface area contributed by atoms with Gasteiger partial charge < -0.3 is 14.9 Å². The van der Waals surface area contributed by atoms with Gasteiger partial charge in [0, 0.05) is 34.9 Å². The number of carbonyl (C=O) groups excluding carboxylic acids is 3. The molecule has 2 aromatic heterocycles. The van der Waals surface area contributed by atoms with Crippen LogP contribution in [0.1, 0.15) is 5.56 Å². The summed E-state index contributed by atoms with van der Waals surface area (Å²) >= 11 is 6.01. The largest absolute Gasteiger partial charge is 0.417 e. The van der Waals surface area contributed by atoms with Crippen molar-refractivity contribution in [2.45, 2.75) is 6.54 Å². The Hall–Kier alpha value is -3.65. The highest BCUT2D eigenvalue weighted by molar-refractivity contribution is 6.31. The second-order valence-corrected chi connectivity index (χ2v) is 6.29. The van der Waals surface area contributed by atoms with Crippen LogP contribution in [0.5, 0.6) is 11.6 Å². The summed E-state index contributed by atoms with van der Waals surface area (Å²) < 4.78 is 11.7. The molecule has 3 aromatic rings. The van der Waals surface area contributed by atoms with Crippen molar-refractivity contribution in [1.82, 2.24) is 9.66 Å². The first kappa shape index (κ1) is 17.7. The third-order valence-corrected chi connectivity index (χ3v) is 4.31. The Balaban J connectivity index is 1.61. The third-order valence-electron chi connectivity index (χ3n) is 4.08. The van der Waals surface area contributed by atoms with E-state index in [0.717, 1.165) is 22.5 Å². The van der Waals surface area contributed by atoms with E-state index in [-0.39, 0.29) is 17.9 Å². The fourth-order valence-corrected chi connectivity index (χ4v) is 2.92. The summed E-state index contributed by atoms with van der Waals surface area (Å²) in [6.07, 6.45) is 4.24. The molecule has 0 atom stereocenters. The minimum atomic E-state index is -0.928. The van der Waals surface area contributed by atoms with E-state index in [9.17, 15) is 14.4 Å². The first-order valence-electron chi connectivity index (χ1n) is 8.14. The molecule has 0 spiro atoms. The summed E-state index contributed by atoms with van der Waals surface area (Å²) in [5.41, 5.74) is 4.35. The smallest absolute Gasteiger partial charge is 0.347 e. The summed E-state index contributed by atoms with van der Waals surface area (Å²) in [6, 6.07) is 8.71. The van der Waals surface area contributed by atoms with Gasteiger partial charge in [0.05, 0.1) is 12.1 Å². The molecule has 0 amide bonds. The topological polar surface area (TPSA) is 99.5 Å². The molecule has 1 N–H and O–H groups in total. The maximum absolute atomic E-state index is 11.9. The number of rotatable bonds is 4. The van der Waals surface area contributed by atoms with Crippen molar-refractivity contribution >= 4 is 40.7 Å². The molecule has 0 fully saturated rings. The molecule has 0 bridgehead atoms. The Bertz CT molecular complexity index is 1150. The Kier molecular flexibility index (Phi) is 4.54. The summed E-state index contributed by atoms with van der Waals surface area (Å²) in [5, 5.41) is 1.50. The zero-order valence-electron chi connectivity index (χ0n) is 14.2. The van der Waals surface area contributed by atoms with E-state index in [1.165, 1.54) is 16.9 Å². The van der Waals surface area contributed by atoms with Crippen LogP contribution in [0.3, 0.4) is 0 Å². The zero-order chi connectivity index (χ0) is 19.7. The molecule has 1 aliphatic rings. The average Bonchev–Trinajstić information content (AvgIpc) is 3.03. The Morgan fingerprint density at radius 3 is 2.86 bits per heavy atom. The van der Waals surface area contributed by atoms with Gasteiger partial charge in [-0.25, -0.2) is 14.3 Å². The fourth-order valence-electron chi connectivity index (χ4n) is 2.76. The van der Waals surface area contributed by atoms with E-state index in [4.69, 9.17) is 21.1 Å². The number of pyridine rings is 1. The first-order valence-corrected chi connectivity index (χ1v) is 8.52. The van der Waals surface area contributed by atoms with Gasteiger partial charge in [-0.1, -0.05) is 17.7 Å². The lowest BCUT2D eigenvalue weighted by Gasteiger charge is -2.15. The number of fused-ring (bicyclic) bond motifs is 2. The fraction of sp³-hybridized carbons (Fsp3) is 0.0526. The van der Waals surface area contributed by atoms with Crippen LogP contribution in [0.4, 0.5) is 0 Å². The molecule has 0 saturated carbocycles. The van der Waals surface area contributed by atoms with Crippen molar-refractivity contribution < 1.29 is 23.9 Å². The number of benzene rings is 1. The van der Waals surface area contributed by atoms with Gasteiger partial charge in [-0.2, -0.15) is 0 Å². The second kappa shape index (κ2) is 7.16. The van der Waals surface area contributed by atoms with Gasteiger partial charge in [0.2, 0.25) is 0 Å². The molecule has 0 radical (unpaired) electrons. The lowest BCUT2D eigenvalue weighted by atomic mass is 10.1. The molecule has 3 heterocycles. The normalized spacial score (nSPS) is 15.5. The molecule has 1 aliphatic heterocycles. The van der Waals surface area contributed by atoms with Crippen molar-refractivity contribution in [2.24, 2.45) is 0 Å². The van der Waals surface area contributed by atoms with E-state index in [2.05, 4.69) is 10.4 Å². The molecule has 9 heteroatoms. The van der Waals surface area contributed by atoms with Crippen molar-refractivity contribution in [2.75, 3.05) is 5.43 Å². The quantitative estimate of drug-likeness (QED) is 0.410. The lowest BCUT2D eigenvalue weighted by molar-refractivity contribution is -0.135. The maximum Gasteiger partial charge on any atom is 0.347 e. The summed E-state index contributed by atoms with van der Waals surface area (Å²) in [4.78, 5) is 39.0.